The highest BCUT2D eigenvalue weighted by Crippen LogP contribution is 2.68. The summed E-state index contributed by atoms with van der Waals surface area (Å²) in [6.07, 6.45) is 6.76. The Kier molecular flexibility index (Phi) is 4.39. The summed E-state index contributed by atoms with van der Waals surface area (Å²) in [7, 11) is 0. The van der Waals surface area contributed by atoms with E-state index in [1.165, 1.54) is 66.4 Å². The van der Waals surface area contributed by atoms with Gasteiger partial charge in [-0.3, -0.25) is 0 Å². The summed E-state index contributed by atoms with van der Waals surface area (Å²) in [5.41, 5.74) is 13.1. The van der Waals surface area contributed by atoms with Gasteiger partial charge < -0.3 is 0 Å². The van der Waals surface area contributed by atoms with E-state index in [1.807, 2.05) is 0 Å². The SMILES string of the molecule is C1=Cc2ccccc2C2(c3ccccc31)c1cccc3cccc(c13)C21c2ccccc2CCc2ccccc21. The van der Waals surface area contributed by atoms with E-state index in [-0.39, 0.29) is 0 Å². The van der Waals surface area contributed by atoms with Crippen LogP contribution in [0.4, 0.5) is 0 Å². The molecule has 40 heavy (non-hydrogen) atoms. The molecule has 0 amide bonds. The first-order valence-corrected chi connectivity index (χ1v) is 14.4. The molecule has 0 saturated carbocycles. The van der Waals surface area contributed by atoms with Crippen LogP contribution in [-0.4, -0.2) is 0 Å². The van der Waals surface area contributed by atoms with Crippen molar-refractivity contribution < 1.29 is 0 Å². The zero-order valence-electron chi connectivity index (χ0n) is 22.3. The van der Waals surface area contributed by atoms with E-state index in [2.05, 4.69) is 146 Å². The highest BCUT2D eigenvalue weighted by Gasteiger charge is 2.64. The maximum absolute atomic E-state index is 2.44. The summed E-state index contributed by atoms with van der Waals surface area (Å²) >= 11 is 0. The molecule has 0 N–H and O–H groups in total. The minimum Gasteiger partial charge on any atom is -0.0620 e. The molecule has 6 aromatic carbocycles. The molecule has 0 nitrogen and oxygen atoms in total. The Morgan fingerprint density at radius 3 is 1.27 bits per heavy atom. The van der Waals surface area contributed by atoms with Crippen molar-refractivity contribution in [1.82, 2.24) is 0 Å². The van der Waals surface area contributed by atoms with E-state index in [9.17, 15) is 0 Å². The van der Waals surface area contributed by atoms with Crippen LogP contribution in [0.1, 0.15) is 55.6 Å². The Hall–Kier alpha value is -4.68. The Labute approximate surface area is 235 Å². The van der Waals surface area contributed by atoms with Crippen molar-refractivity contribution in [2.45, 2.75) is 23.7 Å². The molecule has 0 heteroatoms. The number of fused-ring (bicyclic) bond motifs is 11. The highest BCUT2D eigenvalue weighted by molar-refractivity contribution is 6.00. The monoisotopic (exact) mass is 508 g/mol. The second kappa shape index (κ2) is 7.93. The van der Waals surface area contributed by atoms with Gasteiger partial charge in [-0.1, -0.05) is 146 Å². The van der Waals surface area contributed by atoms with Crippen molar-refractivity contribution in [2.75, 3.05) is 0 Å². The predicted molar refractivity (Wildman–Crippen MR) is 166 cm³/mol. The van der Waals surface area contributed by atoms with Crippen LogP contribution in [0.2, 0.25) is 0 Å². The standard InChI is InChI=1S/C40H28/c1-5-17-32-27(11-1)23-24-28-12-2-6-18-33(28)39(32)36-21-9-15-31-16-10-22-37(38(31)36)40(39)34-19-7-3-13-29(34)25-26-30-14-4-8-20-35(30)40/h1-24H,25-26H2. The largest absolute Gasteiger partial charge is 0.0647 e. The van der Waals surface area contributed by atoms with Gasteiger partial charge in [0, 0.05) is 0 Å². The number of benzene rings is 6. The molecule has 0 bridgehead atoms. The topological polar surface area (TPSA) is 0 Å². The van der Waals surface area contributed by atoms with Crippen molar-refractivity contribution in [3.8, 4) is 0 Å². The molecule has 3 aliphatic carbocycles. The van der Waals surface area contributed by atoms with Crippen LogP contribution >= 0.6 is 0 Å². The molecule has 0 radical (unpaired) electrons. The lowest BCUT2D eigenvalue weighted by atomic mass is 9.49. The van der Waals surface area contributed by atoms with E-state index in [1.54, 1.807) is 0 Å². The molecule has 0 saturated heterocycles. The molecule has 9 rings (SSSR count). The zero-order chi connectivity index (χ0) is 26.3. The molecule has 188 valence electrons. The molecule has 3 aliphatic rings. The quantitative estimate of drug-likeness (QED) is 0.192. The third-order valence-electron chi connectivity index (χ3n) is 9.95. The van der Waals surface area contributed by atoms with Gasteiger partial charge in [-0.2, -0.15) is 0 Å². The second-order valence-electron chi connectivity index (χ2n) is 11.5. The summed E-state index contributed by atoms with van der Waals surface area (Å²) in [6.45, 7) is 0. The van der Waals surface area contributed by atoms with Crippen LogP contribution < -0.4 is 0 Å². The summed E-state index contributed by atoms with van der Waals surface area (Å²) in [4.78, 5) is 0. The molecule has 0 unspecified atom stereocenters. The first-order chi connectivity index (χ1) is 19.8. The highest BCUT2D eigenvalue weighted by atomic mass is 14.6. The lowest BCUT2D eigenvalue weighted by Gasteiger charge is -2.51. The molecule has 0 aromatic heterocycles. The van der Waals surface area contributed by atoms with E-state index in [0.29, 0.717) is 0 Å². The summed E-state index contributed by atoms with van der Waals surface area (Å²) in [5, 5.41) is 2.72. The van der Waals surface area contributed by atoms with Gasteiger partial charge in [-0.05, 0) is 79.2 Å². The first-order valence-electron chi connectivity index (χ1n) is 14.4. The second-order valence-corrected chi connectivity index (χ2v) is 11.5. The maximum Gasteiger partial charge on any atom is 0.0647 e. The molecule has 0 aliphatic heterocycles. The zero-order valence-corrected chi connectivity index (χ0v) is 22.3. The van der Waals surface area contributed by atoms with E-state index in [0.717, 1.165) is 12.8 Å². The van der Waals surface area contributed by atoms with Crippen molar-refractivity contribution >= 4 is 22.9 Å². The van der Waals surface area contributed by atoms with Crippen molar-refractivity contribution in [2.24, 2.45) is 0 Å². The van der Waals surface area contributed by atoms with Gasteiger partial charge in [0.2, 0.25) is 0 Å². The molecule has 0 atom stereocenters. The molecule has 2 spiro atoms. The van der Waals surface area contributed by atoms with Crippen LogP contribution in [0, 0.1) is 0 Å². The van der Waals surface area contributed by atoms with Crippen LogP contribution in [-0.2, 0) is 23.7 Å². The number of hydrogen-bond acceptors (Lipinski definition) is 0. The Bertz CT molecular complexity index is 1880. The average molecular weight is 509 g/mol. The van der Waals surface area contributed by atoms with E-state index < -0.39 is 10.8 Å². The predicted octanol–water partition coefficient (Wildman–Crippen LogP) is 9.10. The van der Waals surface area contributed by atoms with Crippen LogP contribution in [0.5, 0.6) is 0 Å². The number of aryl methyl sites for hydroxylation is 2. The summed E-state index contributed by atoms with van der Waals surface area (Å²) in [6, 6.07) is 51.0. The third kappa shape index (κ3) is 2.49. The lowest BCUT2D eigenvalue weighted by molar-refractivity contribution is 0.440. The molecule has 0 fully saturated rings. The van der Waals surface area contributed by atoms with Crippen molar-refractivity contribution in [1.29, 1.82) is 0 Å². The molecular formula is C40H28. The van der Waals surface area contributed by atoms with Gasteiger partial charge in [0.15, 0.2) is 0 Å². The van der Waals surface area contributed by atoms with Gasteiger partial charge in [0.1, 0.15) is 0 Å². The van der Waals surface area contributed by atoms with Gasteiger partial charge in [0.05, 0.1) is 10.8 Å². The number of rotatable bonds is 0. The Morgan fingerprint density at radius 2 is 0.750 bits per heavy atom. The van der Waals surface area contributed by atoms with Gasteiger partial charge >= 0.3 is 0 Å². The number of hydrogen-bond donors (Lipinski definition) is 0. The van der Waals surface area contributed by atoms with E-state index >= 15 is 0 Å². The molecule has 0 heterocycles. The summed E-state index contributed by atoms with van der Waals surface area (Å²) < 4.78 is 0. The van der Waals surface area contributed by atoms with Gasteiger partial charge in [-0.25, -0.2) is 0 Å². The first kappa shape index (κ1) is 22.2. The maximum atomic E-state index is 2.44. The van der Waals surface area contributed by atoms with Gasteiger partial charge in [-0.15, -0.1) is 0 Å². The van der Waals surface area contributed by atoms with Crippen LogP contribution in [0.25, 0.3) is 22.9 Å². The average Bonchev–Trinajstić information content (AvgIpc) is 3.10. The fourth-order valence-corrected chi connectivity index (χ4v) is 8.67. The summed E-state index contributed by atoms with van der Waals surface area (Å²) in [5.74, 6) is 0. The fourth-order valence-electron chi connectivity index (χ4n) is 8.67. The van der Waals surface area contributed by atoms with Crippen molar-refractivity contribution in [3.05, 3.63) is 189 Å². The third-order valence-corrected chi connectivity index (χ3v) is 9.95. The fraction of sp³-hybridized carbons (Fsp3) is 0.100. The lowest BCUT2D eigenvalue weighted by Crippen LogP contribution is -2.50. The van der Waals surface area contributed by atoms with E-state index in [4.69, 9.17) is 0 Å². The van der Waals surface area contributed by atoms with Crippen LogP contribution in [0.3, 0.4) is 0 Å². The smallest absolute Gasteiger partial charge is 0.0620 e. The van der Waals surface area contributed by atoms with Gasteiger partial charge in [0.25, 0.3) is 0 Å². The normalized spacial score (nSPS) is 16.6. The molecular weight excluding hydrogens is 480 g/mol. The van der Waals surface area contributed by atoms with Crippen molar-refractivity contribution in [3.63, 3.8) is 0 Å². The molecule has 6 aromatic rings. The Balaban J connectivity index is 1.64. The van der Waals surface area contributed by atoms with Crippen LogP contribution in [0.15, 0.2) is 133 Å². The Morgan fingerprint density at radius 1 is 0.350 bits per heavy atom. The minimum absolute atomic E-state index is 0.446. The minimum atomic E-state index is -0.469.